The van der Waals surface area contributed by atoms with Crippen LogP contribution in [0.2, 0.25) is 0 Å². The van der Waals surface area contributed by atoms with Gasteiger partial charge in [0.25, 0.3) is 0 Å². The van der Waals surface area contributed by atoms with Crippen LogP contribution in [0.3, 0.4) is 0 Å². The SMILES string of the molecule is CC[C@H]1O[C@H](COC[C@H]2O[C@H](COC)[C@@H](O)[C@H](OC)[C@@H]2O)[C@@H](O)[C@@H](O)[C@H]1O. The molecule has 10 nitrogen and oxygen atoms in total. The Bertz CT molecular complexity index is 436. The van der Waals surface area contributed by atoms with Crippen molar-refractivity contribution < 1.29 is 49.2 Å². The molecule has 0 unspecified atom stereocenters. The highest BCUT2D eigenvalue weighted by Crippen LogP contribution is 2.26. The summed E-state index contributed by atoms with van der Waals surface area (Å²) in [6.45, 7) is 1.81. The van der Waals surface area contributed by atoms with Crippen LogP contribution < -0.4 is 0 Å². The minimum Gasteiger partial charge on any atom is -0.388 e. The van der Waals surface area contributed by atoms with E-state index in [1.165, 1.54) is 14.2 Å². The van der Waals surface area contributed by atoms with Gasteiger partial charge in [0.05, 0.1) is 25.9 Å². The zero-order valence-corrected chi connectivity index (χ0v) is 15.9. The van der Waals surface area contributed by atoms with E-state index in [0.29, 0.717) is 6.42 Å². The summed E-state index contributed by atoms with van der Waals surface area (Å²) in [4.78, 5) is 0. The first-order valence-corrected chi connectivity index (χ1v) is 9.16. The third-order valence-electron chi connectivity index (χ3n) is 5.17. The summed E-state index contributed by atoms with van der Waals surface area (Å²) >= 11 is 0. The fourth-order valence-corrected chi connectivity index (χ4v) is 3.53. The van der Waals surface area contributed by atoms with Crippen molar-refractivity contribution in [2.45, 2.75) is 74.4 Å². The van der Waals surface area contributed by atoms with Gasteiger partial charge in [-0.1, -0.05) is 6.92 Å². The van der Waals surface area contributed by atoms with Crippen LogP contribution in [0.5, 0.6) is 0 Å². The van der Waals surface area contributed by atoms with Gasteiger partial charge in [-0.3, -0.25) is 0 Å². The Morgan fingerprint density at radius 1 is 0.667 bits per heavy atom. The van der Waals surface area contributed by atoms with Gasteiger partial charge in [0.15, 0.2) is 0 Å². The maximum atomic E-state index is 10.3. The highest BCUT2D eigenvalue weighted by atomic mass is 16.6. The Hall–Kier alpha value is -0.400. The largest absolute Gasteiger partial charge is 0.388 e. The standard InChI is InChI=1S/C17H32O10/c1-4-8-12(18)16(22)13(19)10(26-8)6-25-7-11-15(21)17(24-3)14(20)9(27-11)5-23-2/h8-22H,4-7H2,1-3H3/t8-,9-,10-,11-,12+,13-,14-,15-,16+,17+/m1/s1. The molecule has 2 saturated heterocycles. The van der Waals surface area contributed by atoms with E-state index < -0.39 is 61.0 Å². The average Bonchev–Trinajstić information content (AvgIpc) is 2.65. The maximum Gasteiger partial charge on any atom is 0.114 e. The van der Waals surface area contributed by atoms with Gasteiger partial charge in [-0.25, -0.2) is 0 Å². The van der Waals surface area contributed by atoms with Gasteiger partial charge in [0.2, 0.25) is 0 Å². The monoisotopic (exact) mass is 396 g/mol. The lowest BCUT2D eigenvalue weighted by molar-refractivity contribution is -0.256. The predicted octanol–water partition coefficient (Wildman–Crippen LogP) is -2.59. The van der Waals surface area contributed by atoms with E-state index in [1.807, 2.05) is 0 Å². The summed E-state index contributed by atoms with van der Waals surface area (Å²) < 4.78 is 27.0. The zero-order chi connectivity index (χ0) is 20.1. The van der Waals surface area contributed by atoms with Crippen molar-refractivity contribution in [2.75, 3.05) is 34.0 Å². The van der Waals surface area contributed by atoms with Crippen molar-refractivity contribution in [2.24, 2.45) is 0 Å². The molecule has 0 bridgehead atoms. The Labute approximate surface area is 158 Å². The Morgan fingerprint density at radius 3 is 1.67 bits per heavy atom. The average molecular weight is 396 g/mol. The van der Waals surface area contributed by atoms with Crippen LogP contribution in [0.15, 0.2) is 0 Å². The van der Waals surface area contributed by atoms with Crippen molar-refractivity contribution in [1.82, 2.24) is 0 Å². The lowest BCUT2D eigenvalue weighted by atomic mass is 9.94. The van der Waals surface area contributed by atoms with Gasteiger partial charge in [0.1, 0.15) is 54.9 Å². The Morgan fingerprint density at radius 2 is 1.15 bits per heavy atom. The molecule has 0 amide bonds. The molecule has 0 aromatic rings. The first-order valence-electron chi connectivity index (χ1n) is 9.16. The molecular formula is C17H32O10. The van der Waals surface area contributed by atoms with E-state index in [0.717, 1.165) is 0 Å². The summed E-state index contributed by atoms with van der Waals surface area (Å²) in [5.41, 5.74) is 0. The van der Waals surface area contributed by atoms with Crippen LogP contribution in [0.4, 0.5) is 0 Å². The van der Waals surface area contributed by atoms with Crippen molar-refractivity contribution in [3.63, 3.8) is 0 Å². The fraction of sp³-hybridized carbons (Fsp3) is 1.00. The van der Waals surface area contributed by atoms with E-state index >= 15 is 0 Å². The van der Waals surface area contributed by atoms with E-state index in [1.54, 1.807) is 6.92 Å². The number of aliphatic hydroxyl groups is 5. The van der Waals surface area contributed by atoms with Crippen LogP contribution in [0.1, 0.15) is 13.3 Å². The van der Waals surface area contributed by atoms with E-state index in [4.69, 9.17) is 23.7 Å². The molecule has 10 heteroatoms. The molecule has 2 rings (SSSR count). The first kappa shape index (κ1) is 22.9. The van der Waals surface area contributed by atoms with Gasteiger partial charge in [-0.05, 0) is 6.42 Å². The third kappa shape index (κ3) is 5.15. The minimum atomic E-state index is -1.33. The number of rotatable bonds is 8. The minimum absolute atomic E-state index is 0.0457. The highest BCUT2D eigenvalue weighted by Gasteiger charge is 2.46. The van der Waals surface area contributed by atoms with Crippen molar-refractivity contribution in [1.29, 1.82) is 0 Å². The molecule has 0 aromatic carbocycles. The first-order chi connectivity index (χ1) is 12.8. The van der Waals surface area contributed by atoms with Crippen LogP contribution in [-0.2, 0) is 23.7 Å². The topological polar surface area (TPSA) is 147 Å². The van der Waals surface area contributed by atoms with Crippen LogP contribution >= 0.6 is 0 Å². The molecule has 0 saturated carbocycles. The molecule has 0 spiro atoms. The number of methoxy groups -OCH3 is 2. The Kier molecular flexibility index (Phi) is 8.81. The maximum absolute atomic E-state index is 10.3. The number of hydrogen-bond acceptors (Lipinski definition) is 10. The van der Waals surface area contributed by atoms with Crippen molar-refractivity contribution in [3.05, 3.63) is 0 Å². The number of ether oxygens (including phenoxy) is 5. The van der Waals surface area contributed by atoms with Gasteiger partial charge < -0.3 is 49.2 Å². The zero-order valence-electron chi connectivity index (χ0n) is 15.9. The Balaban J connectivity index is 1.91. The van der Waals surface area contributed by atoms with Crippen LogP contribution in [-0.4, -0.2) is 121 Å². The molecule has 0 radical (unpaired) electrons. The lowest BCUT2D eigenvalue weighted by Crippen LogP contribution is -2.61. The number of aliphatic hydroxyl groups excluding tert-OH is 5. The molecule has 2 aliphatic rings. The summed E-state index contributed by atoms with van der Waals surface area (Å²) in [5, 5.41) is 50.4. The summed E-state index contributed by atoms with van der Waals surface area (Å²) in [7, 11) is 2.86. The second-order valence-electron chi connectivity index (χ2n) is 6.98. The second-order valence-corrected chi connectivity index (χ2v) is 6.98. The third-order valence-corrected chi connectivity index (χ3v) is 5.17. The summed E-state index contributed by atoms with van der Waals surface area (Å²) in [5.74, 6) is 0. The normalized spacial score (nSPS) is 45.8. The summed E-state index contributed by atoms with van der Waals surface area (Å²) in [6, 6.07) is 0. The van der Waals surface area contributed by atoms with Gasteiger partial charge in [-0.15, -0.1) is 0 Å². The van der Waals surface area contributed by atoms with E-state index in [2.05, 4.69) is 0 Å². The van der Waals surface area contributed by atoms with Gasteiger partial charge in [-0.2, -0.15) is 0 Å². The van der Waals surface area contributed by atoms with Crippen molar-refractivity contribution in [3.8, 4) is 0 Å². The molecule has 0 aliphatic carbocycles. The molecule has 2 fully saturated rings. The number of hydrogen-bond donors (Lipinski definition) is 5. The molecule has 10 atom stereocenters. The molecule has 5 N–H and O–H groups in total. The van der Waals surface area contributed by atoms with E-state index in [9.17, 15) is 25.5 Å². The molecule has 160 valence electrons. The summed E-state index contributed by atoms with van der Waals surface area (Å²) in [6.07, 6.45) is -9.24. The van der Waals surface area contributed by atoms with Crippen LogP contribution in [0, 0.1) is 0 Å². The highest BCUT2D eigenvalue weighted by molar-refractivity contribution is 4.94. The molecule has 0 aromatic heterocycles. The quantitative estimate of drug-likeness (QED) is 0.296. The smallest absolute Gasteiger partial charge is 0.114 e. The predicted molar refractivity (Wildman–Crippen MR) is 91.1 cm³/mol. The van der Waals surface area contributed by atoms with E-state index in [-0.39, 0.29) is 19.8 Å². The molecule has 2 heterocycles. The van der Waals surface area contributed by atoms with Gasteiger partial charge >= 0.3 is 0 Å². The molecule has 2 aliphatic heterocycles. The van der Waals surface area contributed by atoms with Crippen LogP contribution in [0.25, 0.3) is 0 Å². The second kappa shape index (κ2) is 10.4. The molecular weight excluding hydrogens is 364 g/mol. The lowest BCUT2D eigenvalue weighted by Gasteiger charge is -2.42. The van der Waals surface area contributed by atoms with Crippen molar-refractivity contribution >= 4 is 0 Å². The molecule has 27 heavy (non-hydrogen) atoms. The fourth-order valence-electron chi connectivity index (χ4n) is 3.53. The van der Waals surface area contributed by atoms with Gasteiger partial charge in [0, 0.05) is 14.2 Å².